The van der Waals surface area contributed by atoms with Crippen LogP contribution >= 0.6 is 22.7 Å². The van der Waals surface area contributed by atoms with Gasteiger partial charge >= 0.3 is 0 Å². The van der Waals surface area contributed by atoms with Gasteiger partial charge in [-0.15, -0.1) is 11.3 Å². The van der Waals surface area contributed by atoms with Crippen molar-refractivity contribution in [3.63, 3.8) is 0 Å². The second kappa shape index (κ2) is 9.09. The van der Waals surface area contributed by atoms with Crippen molar-refractivity contribution in [2.45, 2.75) is 34.1 Å². The van der Waals surface area contributed by atoms with Gasteiger partial charge < -0.3 is 4.74 Å². The molecule has 30 heavy (non-hydrogen) atoms. The number of ether oxygens (including phenoxy) is 1. The summed E-state index contributed by atoms with van der Waals surface area (Å²) in [6, 6.07) is 4.27. The van der Waals surface area contributed by atoms with Crippen LogP contribution in [0.1, 0.15) is 37.9 Å². The Kier molecular flexibility index (Phi) is 6.48. The van der Waals surface area contributed by atoms with Gasteiger partial charge in [-0.05, 0) is 51.3 Å². The molecule has 0 atom stereocenters. The molecule has 1 fully saturated rings. The van der Waals surface area contributed by atoms with Gasteiger partial charge in [-0.2, -0.15) is 0 Å². The van der Waals surface area contributed by atoms with E-state index in [1.54, 1.807) is 11.3 Å². The number of aromatic nitrogens is 2. The molecular formula is C22H28N4O2S2. The average molecular weight is 445 g/mol. The van der Waals surface area contributed by atoms with Gasteiger partial charge in [0.1, 0.15) is 4.88 Å². The summed E-state index contributed by atoms with van der Waals surface area (Å²) in [5.41, 5.74) is 4.17. The molecule has 0 N–H and O–H groups in total. The van der Waals surface area contributed by atoms with Crippen molar-refractivity contribution in [3.8, 4) is 0 Å². The molecule has 1 aliphatic rings. The molecule has 3 aromatic rings. The highest BCUT2D eigenvalue weighted by Gasteiger charge is 2.25. The van der Waals surface area contributed by atoms with E-state index >= 15 is 0 Å². The summed E-state index contributed by atoms with van der Waals surface area (Å²) in [6.45, 7) is 13.1. The summed E-state index contributed by atoms with van der Waals surface area (Å²) in [5, 5.41) is 1.69. The van der Waals surface area contributed by atoms with Crippen LogP contribution in [0.2, 0.25) is 0 Å². The van der Waals surface area contributed by atoms with Crippen LogP contribution in [0.25, 0.3) is 10.2 Å². The van der Waals surface area contributed by atoms with Crippen LogP contribution in [0, 0.1) is 27.7 Å². The van der Waals surface area contributed by atoms with Gasteiger partial charge in [-0.25, -0.2) is 9.97 Å². The molecule has 3 heterocycles. The minimum absolute atomic E-state index is 0.00788. The van der Waals surface area contributed by atoms with Gasteiger partial charge in [-0.1, -0.05) is 17.4 Å². The minimum atomic E-state index is 0.00788. The van der Waals surface area contributed by atoms with Crippen LogP contribution in [-0.2, 0) is 4.74 Å². The van der Waals surface area contributed by atoms with E-state index in [0.717, 1.165) is 65.3 Å². The average Bonchev–Trinajstić information content (AvgIpc) is 3.28. The van der Waals surface area contributed by atoms with Gasteiger partial charge in [0.05, 0.1) is 34.1 Å². The molecule has 0 saturated carbocycles. The van der Waals surface area contributed by atoms with E-state index in [1.165, 1.54) is 22.5 Å². The smallest absolute Gasteiger partial charge is 0.272 e. The van der Waals surface area contributed by atoms with Crippen molar-refractivity contribution < 1.29 is 9.53 Å². The van der Waals surface area contributed by atoms with Crippen molar-refractivity contribution in [3.05, 3.63) is 38.8 Å². The zero-order chi connectivity index (χ0) is 21.3. The summed E-state index contributed by atoms with van der Waals surface area (Å²) in [5.74, 6) is 0.00788. The predicted octanol–water partition coefficient (Wildman–Crippen LogP) is 4.36. The van der Waals surface area contributed by atoms with Gasteiger partial charge in [0.2, 0.25) is 0 Å². The Balaban J connectivity index is 1.61. The van der Waals surface area contributed by atoms with E-state index in [2.05, 4.69) is 35.9 Å². The normalized spacial score (nSPS) is 15.1. The topological polar surface area (TPSA) is 58.6 Å². The Hall–Kier alpha value is -1.87. The summed E-state index contributed by atoms with van der Waals surface area (Å²) in [7, 11) is 0. The quantitative estimate of drug-likeness (QED) is 0.566. The number of thiazole rings is 2. The number of aryl methyl sites for hydroxylation is 4. The first kappa shape index (κ1) is 21.4. The lowest BCUT2D eigenvalue weighted by atomic mass is 10.1. The van der Waals surface area contributed by atoms with Gasteiger partial charge in [0.15, 0.2) is 5.13 Å². The van der Waals surface area contributed by atoms with Crippen LogP contribution in [0.3, 0.4) is 0 Å². The highest BCUT2D eigenvalue weighted by Crippen LogP contribution is 2.33. The number of nitrogens with zero attached hydrogens (tertiary/aromatic N) is 4. The zero-order valence-corrected chi connectivity index (χ0v) is 19.7. The lowest BCUT2D eigenvalue weighted by molar-refractivity contribution is 0.0376. The largest absolute Gasteiger partial charge is 0.379 e. The number of amides is 1. The zero-order valence-electron chi connectivity index (χ0n) is 18.0. The molecule has 1 aliphatic heterocycles. The number of carbonyl (C=O) groups is 1. The molecule has 1 saturated heterocycles. The fourth-order valence-electron chi connectivity index (χ4n) is 3.89. The Bertz CT molecular complexity index is 1050. The van der Waals surface area contributed by atoms with Crippen LogP contribution < -0.4 is 4.90 Å². The van der Waals surface area contributed by atoms with E-state index in [0.29, 0.717) is 11.4 Å². The Morgan fingerprint density at radius 3 is 2.60 bits per heavy atom. The van der Waals surface area contributed by atoms with Gasteiger partial charge in [0, 0.05) is 26.2 Å². The number of benzene rings is 1. The van der Waals surface area contributed by atoms with Crippen molar-refractivity contribution in [2.24, 2.45) is 0 Å². The van der Waals surface area contributed by atoms with Crippen LogP contribution in [0.5, 0.6) is 0 Å². The molecule has 1 amide bonds. The predicted molar refractivity (Wildman–Crippen MR) is 124 cm³/mol. The Morgan fingerprint density at radius 2 is 1.90 bits per heavy atom. The van der Waals surface area contributed by atoms with Gasteiger partial charge in [0.25, 0.3) is 5.91 Å². The summed E-state index contributed by atoms with van der Waals surface area (Å²) >= 11 is 3.07. The molecule has 4 rings (SSSR count). The first-order valence-electron chi connectivity index (χ1n) is 10.4. The lowest BCUT2D eigenvalue weighted by Crippen LogP contribution is -2.39. The fourth-order valence-corrected chi connectivity index (χ4v) is 5.80. The molecule has 1 aromatic carbocycles. The minimum Gasteiger partial charge on any atom is -0.379 e. The highest BCUT2D eigenvalue weighted by atomic mass is 32.1. The molecule has 6 nitrogen and oxygen atoms in total. The molecule has 0 spiro atoms. The second-order valence-electron chi connectivity index (χ2n) is 7.84. The Labute approximate surface area is 185 Å². The van der Waals surface area contributed by atoms with Crippen molar-refractivity contribution in [2.75, 3.05) is 44.3 Å². The number of carbonyl (C=O) groups excluding carboxylic acids is 1. The van der Waals surface area contributed by atoms with E-state index in [-0.39, 0.29) is 5.91 Å². The number of hydrogen-bond donors (Lipinski definition) is 0. The standard InChI is InChI=1S/C22H28N4O2S2/c1-14-12-15(2)19-18(13-14)24-22(30-19)26(7-5-6-25-8-10-28-11-9-25)21(27)20-16(3)23-17(4)29-20/h12-13H,5-11H2,1-4H3. The van der Waals surface area contributed by atoms with Crippen LogP contribution in [0.15, 0.2) is 12.1 Å². The molecule has 0 unspecified atom stereocenters. The molecular weight excluding hydrogens is 416 g/mol. The summed E-state index contributed by atoms with van der Waals surface area (Å²) in [6.07, 6.45) is 0.899. The molecule has 2 aromatic heterocycles. The SMILES string of the molecule is Cc1cc(C)c2sc(N(CCCN3CCOCC3)C(=O)c3sc(C)nc3C)nc2c1. The van der Waals surface area contributed by atoms with E-state index < -0.39 is 0 Å². The number of rotatable bonds is 6. The van der Waals surface area contributed by atoms with Gasteiger partial charge in [-0.3, -0.25) is 14.6 Å². The maximum atomic E-state index is 13.5. The highest BCUT2D eigenvalue weighted by molar-refractivity contribution is 7.22. The van der Waals surface area contributed by atoms with E-state index in [1.807, 2.05) is 18.7 Å². The monoisotopic (exact) mass is 444 g/mol. The summed E-state index contributed by atoms with van der Waals surface area (Å²) < 4.78 is 6.59. The summed E-state index contributed by atoms with van der Waals surface area (Å²) in [4.78, 5) is 27.8. The molecule has 0 aliphatic carbocycles. The third kappa shape index (κ3) is 4.56. The van der Waals surface area contributed by atoms with Crippen LogP contribution in [-0.4, -0.2) is 60.2 Å². The molecule has 160 valence electrons. The molecule has 0 radical (unpaired) electrons. The van der Waals surface area contributed by atoms with Crippen molar-refractivity contribution in [1.82, 2.24) is 14.9 Å². The second-order valence-corrected chi connectivity index (χ2v) is 10.0. The maximum absolute atomic E-state index is 13.5. The number of anilines is 1. The van der Waals surface area contributed by atoms with E-state index in [9.17, 15) is 4.79 Å². The molecule has 8 heteroatoms. The lowest BCUT2D eigenvalue weighted by Gasteiger charge is -2.27. The first-order chi connectivity index (χ1) is 14.4. The van der Waals surface area contributed by atoms with Crippen molar-refractivity contribution in [1.29, 1.82) is 0 Å². The third-order valence-corrected chi connectivity index (χ3v) is 7.63. The van der Waals surface area contributed by atoms with Crippen molar-refractivity contribution >= 4 is 43.9 Å². The maximum Gasteiger partial charge on any atom is 0.272 e. The van der Waals surface area contributed by atoms with Crippen LogP contribution in [0.4, 0.5) is 5.13 Å². The van der Waals surface area contributed by atoms with E-state index in [4.69, 9.17) is 9.72 Å². The third-order valence-electron chi connectivity index (χ3n) is 5.34. The number of morpholine rings is 1. The fraction of sp³-hybridized carbons (Fsp3) is 0.500. The number of hydrogen-bond acceptors (Lipinski definition) is 7. The Morgan fingerprint density at radius 1 is 1.13 bits per heavy atom. The first-order valence-corrected chi connectivity index (χ1v) is 12.0. The molecule has 0 bridgehead atoms. The number of fused-ring (bicyclic) bond motifs is 1.